The highest BCUT2D eigenvalue weighted by atomic mass is 16.5. The predicted molar refractivity (Wildman–Crippen MR) is 67.6 cm³/mol. The van der Waals surface area contributed by atoms with E-state index in [9.17, 15) is 14.4 Å². The van der Waals surface area contributed by atoms with E-state index in [1.54, 1.807) is 31.4 Å². The van der Waals surface area contributed by atoms with Gasteiger partial charge in [-0.25, -0.2) is 0 Å². The number of carbonyl (C=O) groups excluding carboxylic acids is 3. The maximum absolute atomic E-state index is 11.4. The van der Waals surface area contributed by atoms with Crippen LogP contribution in [0.25, 0.3) is 0 Å². The maximum atomic E-state index is 11.4. The van der Waals surface area contributed by atoms with E-state index in [1.165, 1.54) is 0 Å². The van der Waals surface area contributed by atoms with Crippen LogP contribution in [0, 0.1) is 0 Å². The molecule has 0 aliphatic heterocycles. The molecule has 0 N–H and O–H groups in total. The van der Waals surface area contributed by atoms with E-state index >= 15 is 0 Å². The molecule has 0 saturated heterocycles. The fourth-order valence-corrected chi connectivity index (χ4v) is 1.28. The number of ether oxygens (including phenoxy) is 2. The quantitative estimate of drug-likeness (QED) is 0.322. The number of Topliss-reactive ketones (excluding diaryl/α,β-unsaturated/α-hetero) is 1. The Hall–Kier alpha value is -2.43. The van der Waals surface area contributed by atoms with E-state index in [-0.39, 0.29) is 24.9 Å². The molecular weight excluding hydrogens is 248 g/mol. The lowest BCUT2D eigenvalue weighted by atomic mass is 10.1. The largest absolute Gasteiger partial charge is 0.497 e. The molecule has 0 bridgehead atoms. The Bertz CT molecular complexity index is 487. The van der Waals surface area contributed by atoms with Gasteiger partial charge in [-0.1, -0.05) is 18.7 Å². The molecule has 0 radical (unpaired) electrons. The van der Waals surface area contributed by atoms with Crippen molar-refractivity contribution in [2.75, 3.05) is 7.11 Å². The van der Waals surface area contributed by atoms with Gasteiger partial charge >= 0.3 is 5.97 Å². The molecule has 1 aromatic rings. The summed E-state index contributed by atoms with van der Waals surface area (Å²) in [5.74, 6) is -0.683. The Labute approximate surface area is 110 Å². The zero-order valence-corrected chi connectivity index (χ0v) is 10.5. The van der Waals surface area contributed by atoms with E-state index in [2.05, 4.69) is 6.58 Å². The monoisotopic (exact) mass is 262 g/mol. The van der Waals surface area contributed by atoms with Crippen molar-refractivity contribution in [1.29, 1.82) is 0 Å². The average Bonchev–Trinajstić information content (AvgIpc) is 2.44. The van der Waals surface area contributed by atoms with Crippen LogP contribution in [0.15, 0.2) is 36.4 Å². The smallest absolute Gasteiger partial charge is 0.310 e. The Kier molecular flexibility index (Phi) is 5.47. The number of hydrogen-bond acceptors (Lipinski definition) is 5. The van der Waals surface area contributed by atoms with Gasteiger partial charge in [0.1, 0.15) is 12.4 Å². The fourth-order valence-electron chi connectivity index (χ4n) is 1.28. The van der Waals surface area contributed by atoms with Crippen LogP contribution in [0.5, 0.6) is 5.75 Å². The zero-order valence-electron chi connectivity index (χ0n) is 10.5. The molecule has 0 aliphatic rings. The number of benzene rings is 1. The van der Waals surface area contributed by atoms with Crippen LogP contribution in [-0.2, 0) is 25.7 Å². The summed E-state index contributed by atoms with van der Waals surface area (Å²) in [5.41, 5.74) is 0.719. The topological polar surface area (TPSA) is 69.7 Å². The van der Waals surface area contributed by atoms with Crippen molar-refractivity contribution in [3.63, 3.8) is 0 Å². The Balaban J connectivity index is 2.43. The fraction of sp³-hybridized carbons (Fsp3) is 0.214. The van der Waals surface area contributed by atoms with Crippen molar-refractivity contribution in [2.24, 2.45) is 0 Å². The number of aldehydes is 1. The van der Waals surface area contributed by atoms with Crippen LogP contribution in [-0.4, -0.2) is 25.1 Å². The van der Waals surface area contributed by atoms with Crippen molar-refractivity contribution in [3.05, 3.63) is 42.0 Å². The maximum Gasteiger partial charge on any atom is 0.310 e. The van der Waals surface area contributed by atoms with Crippen LogP contribution >= 0.6 is 0 Å². The summed E-state index contributed by atoms with van der Waals surface area (Å²) in [7, 11) is 1.56. The van der Waals surface area contributed by atoms with Crippen molar-refractivity contribution >= 4 is 18.0 Å². The summed E-state index contributed by atoms with van der Waals surface area (Å²) in [6.45, 7) is 3.43. The molecule has 0 atom stereocenters. The third-order valence-electron chi connectivity index (χ3n) is 2.37. The van der Waals surface area contributed by atoms with E-state index in [0.717, 1.165) is 5.56 Å². The molecular formula is C14H14O5. The first-order valence-electron chi connectivity index (χ1n) is 5.52. The highest BCUT2D eigenvalue weighted by Crippen LogP contribution is 2.12. The second-order valence-corrected chi connectivity index (χ2v) is 3.77. The van der Waals surface area contributed by atoms with Crippen molar-refractivity contribution in [2.45, 2.75) is 13.0 Å². The van der Waals surface area contributed by atoms with Crippen molar-refractivity contribution in [1.82, 2.24) is 0 Å². The first-order chi connectivity index (χ1) is 9.06. The van der Waals surface area contributed by atoms with Crippen LogP contribution in [0.3, 0.4) is 0 Å². The number of rotatable bonds is 7. The molecule has 0 amide bonds. The van der Waals surface area contributed by atoms with Gasteiger partial charge in [0.2, 0.25) is 5.78 Å². The summed E-state index contributed by atoms with van der Waals surface area (Å²) < 4.78 is 9.95. The van der Waals surface area contributed by atoms with Gasteiger partial charge in [0.15, 0.2) is 6.29 Å². The third-order valence-corrected chi connectivity index (χ3v) is 2.37. The van der Waals surface area contributed by atoms with Gasteiger partial charge in [-0.2, -0.15) is 0 Å². The Morgan fingerprint density at radius 3 is 2.42 bits per heavy atom. The first kappa shape index (κ1) is 14.6. The predicted octanol–water partition coefficient (Wildman–Crippen LogP) is 1.45. The van der Waals surface area contributed by atoms with E-state index < -0.39 is 11.8 Å². The van der Waals surface area contributed by atoms with Gasteiger partial charge in [0.05, 0.1) is 13.5 Å². The average molecular weight is 262 g/mol. The molecule has 1 aromatic carbocycles. The summed E-state index contributed by atoms with van der Waals surface area (Å²) in [6.07, 6.45) is -0.160. The standard InChI is InChI=1S/C14H14O5/c1-10(13(16)8-15)7-14(17)19-9-11-3-5-12(18-2)6-4-11/h3-6,8H,1,7,9H2,2H3. The highest BCUT2D eigenvalue weighted by molar-refractivity contribution is 6.33. The van der Waals surface area contributed by atoms with E-state index in [0.29, 0.717) is 5.75 Å². The Morgan fingerprint density at radius 1 is 1.26 bits per heavy atom. The molecule has 1 rings (SSSR count). The van der Waals surface area contributed by atoms with Gasteiger partial charge in [-0.3, -0.25) is 14.4 Å². The summed E-state index contributed by atoms with van der Waals surface area (Å²) in [5, 5.41) is 0. The van der Waals surface area contributed by atoms with Crippen molar-refractivity contribution < 1.29 is 23.9 Å². The molecule has 0 aliphatic carbocycles. The highest BCUT2D eigenvalue weighted by Gasteiger charge is 2.12. The molecule has 0 aromatic heterocycles. The number of ketones is 1. The number of esters is 1. The number of carbonyl (C=O) groups is 3. The third kappa shape index (κ3) is 4.75. The molecule has 19 heavy (non-hydrogen) atoms. The van der Waals surface area contributed by atoms with Gasteiger partial charge in [0, 0.05) is 5.57 Å². The molecule has 5 heteroatoms. The minimum atomic E-state index is -0.790. The minimum absolute atomic E-state index is 0.0743. The second kappa shape index (κ2) is 7.10. The SMILES string of the molecule is C=C(CC(=O)OCc1ccc(OC)cc1)C(=O)C=O. The van der Waals surface area contributed by atoms with Crippen LogP contribution < -0.4 is 4.74 Å². The van der Waals surface area contributed by atoms with Crippen molar-refractivity contribution in [3.8, 4) is 5.75 Å². The summed E-state index contributed by atoms with van der Waals surface area (Å²) >= 11 is 0. The van der Waals surface area contributed by atoms with Crippen LogP contribution in [0.4, 0.5) is 0 Å². The molecule has 0 spiro atoms. The second-order valence-electron chi connectivity index (χ2n) is 3.77. The zero-order chi connectivity index (χ0) is 14.3. The Morgan fingerprint density at radius 2 is 1.89 bits per heavy atom. The molecule has 0 unspecified atom stereocenters. The molecule has 100 valence electrons. The van der Waals surface area contributed by atoms with Crippen LogP contribution in [0.2, 0.25) is 0 Å². The molecule has 0 fully saturated rings. The van der Waals surface area contributed by atoms with E-state index in [1.807, 2.05) is 0 Å². The number of methoxy groups -OCH3 is 1. The summed E-state index contributed by atoms with van der Waals surface area (Å²) in [4.78, 5) is 32.5. The first-order valence-corrected chi connectivity index (χ1v) is 5.52. The molecule has 5 nitrogen and oxygen atoms in total. The lowest BCUT2D eigenvalue weighted by Crippen LogP contribution is -2.11. The normalized spacial score (nSPS) is 9.53. The van der Waals surface area contributed by atoms with Gasteiger partial charge in [-0.15, -0.1) is 0 Å². The minimum Gasteiger partial charge on any atom is -0.497 e. The molecule has 0 saturated carbocycles. The summed E-state index contributed by atoms with van der Waals surface area (Å²) in [6, 6.07) is 7.02. The van der Waals surface area contributed by atoms with Gasteiger partial charge < -0.3 is 9.47 Å². The molecule has 0 heterocycles. The lowest BCUT2D eigenvalue weighted by molar-refractivity contribution is -0.144. The van der Waals surface area contributed by atoms with Gasteiger partial charge in [0.25, 0.3) is 0 Å². The lowest BCUT2D eigenvalue weighted by Gasteiger charge is -2.06. The van der Waals surface area contributed by atoms with Gasteiger partial charge in [-0.05, 0) is 17.7 Å². The van der Waals surface area contributed by atoms with Crippen LogP contribution in [0.1, 0.15) is 12.0 Å². The number of hydrogen-bond donors (Lipinski definition) is 0. The van der Waals surface area contributed by atoms with E-state index in [4.69, 9.17) is 9.47 Å².